The number of sulfonamides is 1. The fourth-order valence-corrected chi connectivity index (χ4v) is 5.93. The molecule has 2 aromatic carbocycles. The Morgan fingerprint density at radius 1 is 1.00 bits per heavy atom. The zero-order valence-corrected chi connectivity index (χ0v) is 19.7. The van der Waals surface area contributed by atoms with Gasteiger partial charge < -0.3 is 5.32 Å². The lowest BCUT2D eigenvalue weighted by Crippen LogP contribution is -2.35. The van der Waals surface area contributed by atoms with E-state index < -0.39 is 15.9 Å². The fraction of sp³-hybridized carbons (Fsp3) is 0.409. The van der Waals surface area contributed by atoms with E-state index in [1.807, 2.05) is 24.3 Å². The first-order valence-electron chi connectivity index (χ1n) is 9.92. The third kappa shape index (κ3) is 4.83. The summed E-state index contributed by atoms with van der Waals surface area (Å²) in [6, 6.07) is 10.1. The van der Waals surface area contributed by atoms with Crippen LogP contribution in [0.15, 0.2) is 41.3 Å². The first-order chi connectivity index (χ1) is 14.0. The molecule has 1 amide bonds. The maximum atomic E-state index is 13.1. The van der Waals surface area contributed by atoms with Crippen LogP contribution in [0.3, 0.4) is 0 Å². The lowest BCUT2D eigenvalue weighted by atomic mass is 9.86. The van der Waals surface area contributed by atoms with Crippen molar-refractivity contribution in [2.45, 2.75) is 50.3 Å². The molecule has 1 aliphatic heterocycles. The molecular weight excluding hydrogens is 443 g/mol. The van der Waals surface area contributed by atoms with Crippen molar-refractivity contribution in [3.8, 4) is 0 Å². The van der Waals surface area contributed by atoms with Gasteiger partial charge in [0.1, 0.15) is 4.90 Å². The van der Waals surface area contributed by atoms with Gasteiger partial charge in [0.15, 0.2) is 0 Å². The molecule has 0 unspecified atom stereocenters. The number of piperidine rings is 1. The van der Waals surface area contributed by atoms with Gasteiger partial charge in [-0.15, -0.1) is 0 Å². The summed E-state index contributed by atoms with van der Waals surface area (Å²) in [5.74, 6) is -0.483. The molecule has 5 nitrogen and oxygen atoms in total. The molecule has 0 spiro atoms. The molecule has 1 aliphatic rings. The highest BCUT2D eigenvalue weighted by molar-refractivity contribution is 7.89. The summed E-state index contributed by atoms with van der Waals surface area (Å²) >= 11 is 12.5. The van der Waals surface area contributed by atoms with Crippen LogP contribution in [0, 0.1) is 0 Å². The topological polar surface area (TPSA) is 66.5 Å². The number of para-hydroxylation sites is 1. The van der Waals surface area contributed by atoms with E-state index in [2.05, 4.69) is 26.1 Å². The highest BCUT2D eigenvalue weighted by Crippen LogP contribution is 2.33. The van der Waals surface area contributed by atoms with E-state index in [4.69, 9.17) is 23.2 Å². The Kier molecular flexibility index (Phi) is 6.82. The van der Waals surface area contributed by atoms with Crippen molar-refractivity contribution in [2.24, 2.45) is 0 Å². The van der Waals surface area contributed by atoms with Crippen molar-refractivity contribution >= 4 is 44.8 Å². The lowest BCUT2D eigenvalue weighted by molar-refractivity contribution is 0.102. The molecule has 0 radical (unpaired) electrons. The minimum Gasteiger partial charge on any atom is -0.322 e. The van der Waals surface area contributed by atoms with Crippen LogP contribution < -0.4 is 5.32 Å². The van der Waals surface area contributed by atoms with Crippen LogP contribution in [0.1, 0.15) is 56.0 Å². The van der Waals surface area contributed by atoms with Gasteiger partial charge in [-0.3, -0.25) is 4.79 Å². The van der Waals surface area contributed by atoms with Crippen LogP contribution in [-0.4, -0.2) is 31.7 Å². The molecule has 2 aromatic rings. The maximum absolute atomic E-state index is 13.1. The van der Waals surface area contributed by atoms with E-state index in [-0.39, 0.29) is 25.9 Å². The van der Waals surface area contributed by atoms with Gasteiger partial charge in [0.05, 0.1) is 15.6 Å². The zero-order valence-electron chi connectivity index (χ0n) is 17.3. The van der Waals surface area contributed by atoms with Crippen molar-refractivity contribution in [1.29, 1.82) is 0 Å². The fourth-order valence-electron chi connectivity index (χ4n) is 3.58. The Morgan fingerprint density at radius 2 is 1.63 bits per heavy atom. The standard InChI is InChI=1S/C22H26Cl2N2O3S/c1-22(2,3)16-9-5-6-10-19(16)25-21(27)15-13-20(18(24)14-17(15)23)30(28,29)26-11-7-4-8-12-26/h5-6,9-10,13-14H,4,7-8,11-12H2,1-3H3,(H,25,27). The van der Waals surface area contributed by atoms with Gasteiger partial charge in [0.2, 0.25) is 10.0 Å². The summed E-state index contributed by atoms with van der Waals surface area (Å²) in [4.78, 5) is 12.9. The van der Waals surface area contributed by atoms with Crippen molar-refractivity contribution in [2.75, 3.05) is 18.4 Å². The summed E-state index contributed by atoms with van der Waals surface area (Å²) in [5.41, 5.74) is 1.50. The van der Waals surface area contributed by atoms with Crippen LogP contribution >= 0.6 is 23.2 Å². The third-order valence-corrected chi connectivity index (χ3v) is 7.86. The summed E-state index contributed by atoms with van der Waals surface area (Å²) < 4.78 is 27.6. The molecular formula is C22H26Cl2N2O3S. The van der Waals surface area contributed by atoms with Crippen LogP contribution in [0.2, 0.25) is 10.0 Å². The Balaban J connectivity index is 1.98. The largest absolute Gasteiger partial charge is 0.322 e. The molecule has 1 fully saturated rings. The van der Waals surface area contributed by atoms with Gasteiger partial charge in [-0.2, -0.15) is 4.31 Å². The average Bonchev–Trinajstić information content (AvgIpc) is 2.68. The third-order valence-electron chi connectivity index (χ3n) is 5.18. The maximum Gasteiger partial charge on any atom is 0.257 e. The Hall–Kier alpha value is -1.60. The second-order valence-corrected chi connectivity index (χ2v) is 11.2. The lowest BCUT2D eigenvalue weighted by Gasteiger charge is -2.26. The summed E-state index contributed by atoms with van der Waals surface area (Å²) in [7, 11) is -3.81. The number of hydrogen-bond donors (Lipinski definition) is 1. The number of nitrogens with zero attached hydrogens (tertiary/aromatic N) is 1. The second kappa shape index (κ2) is 8.87. The van der Waals surface area contributed by atoms with Gasteiger partial charge in [-0.1, -0.05) is 68.6 Å². The zero-order chi connectivity index (χ0) is 22.1. The van der Waals surface area contributed by atoms with Crippen LogP contribution in [-0.2, 0) is 15.4 Å². The molecule has 1 N–H and O–H groups in total. The second-order valence-electron chi connectivity index (χ2n) is 8.48. The monoisotopic (exact) mass is 468 g/mol. The Morgan fingerprint density at radius 3 is 2.27 bits per heavy atom. The molecule has 162 valence electrons. The number of hydrogen-bond acceptors (Lipinski definition) is 3. The van der Waals surface area contributed by atoms with E-state index in [1.54, 1.807) is 0 Å². The molecule has 30 heavy (non-hydrogen) atoms. The number of carbonyl (C=O) groups excluding carboxylic acids is 1. The van der Waals surface area contributed by atoms with Gasteiger partial charge in [0, 0.05) is 18.8 Å². The molecule has 3 rings (SSSR count). The van der Waals surface area contributed by atoms with Gasteiger partial charge >= 0.3 is 0 Å². The van der Waals surface area contributed by atoms with E-state index in [0.717, 1.165) is 24.8 Å². The highest BCUT2D eigenvalue weighted by atomic mass is 35.5. The van der Waals surface area contributed by atoms with Crippen LogP contribution in [0.5, 0.6) is 0 Å². The van der Waals surface area contributed by atoms with Gasteiger partial charge in [-0.25, -0.2) is 8.42 Å². The van der Waals surface area contributed by atoms with E-state index >= 15 is 0 Å². The van der Waals surface area contributed by atoms with Crippen molar-refractivity contribution < 1.29 is 13.2 Å². The van der Waals surface area contributed by atoms with Gasteiger partial charge in [0.25, 0.3) is 5.91 Å². The first-order valence-corrected chi connectivity index (χ1v) is 12.1. The van der Waals surface area contributed by atoms with Crippen LogP contribution in [0.4, 0.5) is 5.69 Å². The molecule has 0 saturated carbocycles. The smallest absolute Gasteiger partial charge is 0.257 e. The van der Waals surface area contributed by atoms with E-state index in [9.17, 15) is 13.2 Å². The SMILES string of the molecule is CC(C)(C)c1ccccc1NC(=O)c1cc(S(=O)(=O)N2CCCCC2)c(Cl)cc1Cl. The molecule has 1 heterocycles. The minimum absolute atomic E-state index is 0.0113. The number of rotatable bonds is 4. The predicted octanol–water partition coefficient (Wildman–Crippen LogP) is 5.72. The average molecular weight is 469 g/mol. The first kappa shape index (κ1) is 23.1. The molecule has 1 saturated heterocycles. The molecule has 8 heteroatoms. The normalized spacial score (nSPS) is 15.8. The summed E-state index contributed by atoms with van der Waals surface area (Å²) in [5, 5.41) is 2.99. The molecule has 0 bridgehead atoms. The number of halogens is 2. The molecule has 0 aliphatic carbocycles. The van der Waals surface area contributed by atoms with Crippen LogP contribution in [0.25, 0.3) is 0 Å². The number of nitrogens with one attached hydrogen (secondary N) is 1. The van der Waals surface area contributed by atoms with Crippen molar-refractivity contribution in [1.82, 2.24) is 4.31 Å². The Labute approximate surface area is 188 Å². The number of benzene rings is 2. The van der Waals surface area contributed by atoms with Gasteiger partial charge in [-0.05, 0) is 42.0 Å². The van der Waals surface area contributed by atoms with E-state index in [1.165, 1.54) is 16.4 Å². The molecule has 0 atom stereocenters. The predicted molar refractivity (Wildman–Crippen MR) is 122 cm³/mol. The van der Waals surface area contributed by atoms with E-state index in [0.29, 0.717) is 18.8 Å². The highest BCUT2D eigenvalue weighted by Gasteiger charge is 2.30. The number of amides is 1. The summed E-state index contributed by atoms with van der Waals surface area (Å²) in [6.45, 7) is 7.05. The number of carbonyl (C=O) groups is 1. The number of anilines is 1. The quantitative estimate of drug-likeness (QED) is 0.623. The Bertz CT molecular complexity index is 1060. The van der Waals surface area contributed by atoms with Crippen molar-refractivity contribution in [3.05, 3.63) is 57.6 Å². The summed E-state index contributed by atoms with van der Waals surface area (Å²) in [6.07, 6.45) is 2.62. The van der Waals surface area contributed by atoms with Crippen molar-refractivity contribution in [3.63, 3.8) is 0 Å². The molecule has 0 aromatic heterocycles. The minimum atomic E-state index is -3.81.